The summed E-state index contributed by atoms with van der Waals surface area (Å²) in [7, 11) is 0. The summed E-state index contributed by atoms with van der Waals surface area (Å²) in [4.78, 5) is 77.1. The number of nitrogens with zero attached hydrogens (tertiary/aromatic N) is 5. The van der Waals surface area contributed by atoms with Crippen LogP contribution in [-0.2, 0) is 29.0 Å². The Labute approximate surface area is 152 Å². The van der Waals surface area contributed by atoms with Crippen molar-refractivity contribution in [3.8, 4) is 0 Å². The van der Waals surface area contributed by atoms with Gasteiger partial charge in [0.1, 0.15) is 29.6 Å². The van der Waals surface area contributed by atoms with E-state index in [4.69, 9.17) is 5.21 Å². The van der Waals surface area contributed by atoms with Crippen LogP contribution in [0.1, 0.15) is 0 Å². The molecule has 20 heteroatoms. The van der Waals surface area contributed by atoms with E-state index in [1.165, 1.54) is 0 Å². The monoisotopic (exact) mass is 421 g/mol. The minimum absolute atomic E-state index is 0.502. The summed E-state index contributed by atoms with van der Waals surface area (Å²) in [5.74, 6) is -2.20. The Morgan fingerprint density at radius 1 is 0.571 bits per heavy atom. The maximum atomic E-state index is 11.4. The van der Waals surface area contributed by atoms with Crippen LogP contribution in [0.4, 0.5) is 0 Å². The van der Waals surface area contributed by atoms with Crippen LogP contribution < -0.4 is 0 Å². The van der Waals surface area contributed by atoms with Gasteiger partial charge in [-0.15, -0.1) is 30.3 Å². The predicted molar refractivity (Wildman–Crippen MR) is 72.7 cm³/mol. The van der Waals surface area contributed by atoms with E-state index in [0.29, 0.717) is 0 Å². The van der Waals surface area contributed by atoms with Crippen LogP contribution in [0.2, 0.25) is 0 Å². The molecule has 0 saturated heterocycles. The molecular weight excluding hydrogens is 406 g/mol. The summed E-state index contributed by atoms with van der Waals surface area (Å²) in [6, 6.07) is 0. The van der Waals surface area contributed by atoms with E-state index in [-0.39, 0.29) is 0 Å². The van der Waals surface area contributed by atoms with Crippen LogP contribution in [0.25, 0.3) is 0 Å². The number of rotatable bonds is 18. The van der Waals surface area contributed by atoms with Gasteiger partial charge < -0.3 is 14.5 Å². The lowest BCUT2D eigenvalue weighted by Crippen LogP contribution is -2.29. The summed E-state index contributed by atoms with van der Waals surface area (Å²) in [6.07, 6.45) is 0. The van der Waals surface area contributed by atoms with E-state index >= 15 is 0 Å². The predicted octanol–water partition coefficient (Wildman–Crippen LogP) is -1.41. The van der Waals surface area contributed by atoms with Gasteiger partial charge in [-0.1, -0.05) is 0 Å². The van der Waals surface area contributed by atoms with Crippen molar-refractivity contribution in [2.24, 2.45) is 11.8 Å². The minimum Gasteiger partial charge on any atom is -0.313 e. The first-order valence-electron chi connectivity index (χ1n) is 6.94. The summed E-state index contributed by atoms with van der Waals surface area (Å²) in [5.41, 5.74) is 0. The molecule has 0 aliphatic rings. The lowest BCUT2D eigenvalue weighted by atomic mass is 10.2. The fourth-order valence-corrected chi connectivity index (χ4v) is 1.33. The minimum atomic E-state index is -1.18. The Kier molecular flexibility index (Phi) is 11.3. The van der Waals surface area contributed by atoms with Gasteiger partial charge in [0, 0.05) is 5.92 Å². The van der Waals surface area contributed by atoms with Gasteiger partial charge in [0.2, 0.25) is 0 Å². The molecule has 160 valence electrons. The van der Waals surface area contributed by atoms with Gasteiger partial charge in [-0.3, -0.25) is 0 Å². The second-order valence-corrected chi connectivity index (χ2v) is 4.64. The molecule has 0 spiro atoms. The molecule has 0 bridgehead atoms. The van der Waals surface area contributed by atoms with Crippen molar-refractivity contribution in [2.75, 3.05) is 39.6 Å². The normalized spacial score (nSPS) is 11.0. The van der Waals surface area contributed by atoms with Gasteiger partial charge in [0.25, 0.3) is 15.3 Å². The van der Waals surface area contributed by atoms with Crippen molar-refractivity contribution in [3.05, 3.63) is 40.2 Å². The Bertz CT molecular complexity index is 475. The van der Waals surface area contributed by atoms with Crippen molar-refractivity contribution in [1.29, 1.82) is 0 Å². The third-order valence-corrected chi connectivity index (χ3v) is 2.50. The van der Waals surface area contributed by atoms with E-state index in [1.807, 2.05) is 0 Å². The molecule has 0 amide bonds. The number of hydrogen-bond donors (Lipinski definition) is 1. The molecule has 0 aromatic carbocycles. The molecule has 0 aliphatic carbocycles. The first-order chi connectivity index (χ1) is 13.1. The Hall–Kier alpha value is -4.00. The van der Waals surface area contributed by atoms with Gasteiger partial charge >= 0.3 is 10.2 Å². The maximum absolute atomic E-state index is 11.4. The molecule has 0 aromatic rings. The topological polar surface area (TPSA) is 245 Å². The van der Waals surface area contributed by atoms with Crippen molar-refractivity contribution in [2.45, 2.75) is 0 Å². The zero-order valence-corrected chi connectivity index (χ0v) is 13.8. The molecule has 0 saturated carbocycles. The van der Waals surface area contributed by atoms with Crippen LogP contribution in [-0.4, -0.2) is 70.3 Å². The van der Waals surface area contributed by atoms with Crippen molar-refractivity contribution in [1.82, 2.24) is 0 Å². The third-order valence-electron chi connectivity index (χ3n) is 2.50. The molecule has 0 aliphatic heterocycles. The van der Waals surface area contributed by atoms with E-state index in [9.17, 15) is 40.2 Å². The van der Waals surface area contributed by atoms with Gasteiger partial charge in [0.05, 0.1) is 5.92 Å². The van der Waals surface area contributed by atoms with Gasteiger partial charge in [-0.2, -0.15) is 14.5 Å². The standard InChI is InChI=1S/C8H15N5O15/c14-9(15)23-1-7(2-24-10(16)17)5-27-13(22)28-6-8(3-25-11(18)19)4-26-12(20)21/h7-8H,1-6H2,(H,14,15)/q+2. The summed E-state index contributed by atoms with van der Waals surface area (Å²) in [5, 5.41) is 33.8. The zero-order valence-electron chi connectivity index (χ0n) is 13.8. The van der Waals surface area contributed by atoms with Crippen LogP contribution >= 0.6 is 0 Å². The first-order valence-corrected chi connectivity index (χ1v) is 6.94. The van der Waals surface area contributed by atoms with E-state index in [2.05, 4.69) is 29.0 Å². The molecule has 20 nitrogen and oxygen atoms in total. The second kappa shape index (κ2) is 13.2. The van der Waals surface area contributed by atoms with Crippen LogP contribution in [0.5, 0.6) is 0 Å². The fourth-order valence-electron chi connectivity index (χ4n) is 1.33. The molecule has 1 unspecified atom stereocenters. The molecule has 0 fully saturated rings. The molecule has 0 radical (unpaired) electrons. The SMILES string of the molecule is O=[N+]([O-])OCC(CO[N+](=O)[O-])CO[N+](=O)OCC(CO[N+](=O)[O-])CO[N+](=O)O. The van der Waals surface area contributed by atoms with Gasteiger partial charge in [-0.25, -0.2) is 5.21 Å². The van der Waals surface area contributed by atoms with E-state index in [1.54, 1.807) is 0 Å². The molecule has 0 aromatic heterocycles. The maximum Gasteiger partial charge on any atom is 0.477 e. The quantitative estimate of drug-likeness (QED) is 0.197. The summed E-state index contributed by atoms with van der Waals surface area (Å²) >= 11 is 0. The highest BCUT2D eigenvalue weighted by molar-refractivity contribution is 4.53. The Morgan fingerprint density at radius 3 is 1.14 bits per heavy atom. The lowest BCUT2D eigenvalue weighted by Gasteiger charge is -2.11. The molecule has 28 heavy (non-hydrogen) atoms. The summed E-state index contributed by atoms with van der Waals surface area (Å²) < 4.78 is 0. The molecule has 0 heterocycles. The Morgan fingerprint density at radius 2 is 0.857 bits per heavy atom. The van der Waals surface area contributed by atoms with Crippen LogP contribution in [0.15, 0.2) is 0 Å². The van der Waals surface area contributed by atoms with Crippen molar-refractivity contribution < 1.29 is 59.7 Å². The summed E-state index contributed by atoms with van der Waals surface area (Å²) in [6.45, 7) is -4.02. The van der Waals surface area contributed by atoms with Gasteiger partial charge in [-0.05, 0) is 0 Å². The average molecular weight is 421 g/mol. The fraction of sp³-hybridized carbons (Fsp3) is 1.00. The Balaban J connectivity index is 4.44. The zero-order chi connectivity index (χ0) is 21.5. The van der Waals surface area contributed by atoms with E-state index < -0.39 is 76.9 Å². The van der Waals surface area contributed by atoms with Crippen LogP contribution in [0.3, 0.4) is 0 Å². The largest absolute Gasteiger partial charge is 0.477 e. The molecule has 1 N–H and O–H groups in total. The van der Waals surface area contributed by atoms with Crippen LogP contribution in [0, 0.1) is 52.0 Å². The van der Waals surface area contributed by atoms with Crippen molar-refractivity contribution in [3.63, 3.8) is 0 Å². The van der Waals surface area contributed by atoms with Crippen molar-refractivity contribution >= 4 is 0 Å². The van der Waals surface area contributed by atoms with Gasteiger partial charge in [0.15, 0.2) is 19.8 Å². The highest BCUT2D eigenvalue weighted by Gasteiger charge is 2.25. The third kappa shape index (κ3) is 14.4. The molecule has 0 rings (SSSR count). The smallest absolute Gasteiger partial charge is 0.313 e. The number of hydrogen-bond acceptors (Lipinski definition) is 14. The highest BCUT2D eigenvalue weighted by Crippen LogP contribution is 2.04. The molecule has 1 atom stereocenters. The van der Waals surface area contributed by atoms with E-state index in [0.717, 1.165) is 0 Å². The lowest BCUT2D eigenvalue weighted by molar-refractivity contribution is -0.986. The average Bonchev–Trinajstić information content (AvgIpc) is 2.59. The highest BCUT2D eigenvalue weighted by atomic mass is 17.0. The first kappa shape index (κ1) is 24.0. The molecular formula is C8H15N5O15+2. The second-order valence-electron chi connectivity index (χ2n) is 4.64.